The summed E-state index contributed by atoms with van der Waals surface area (Å²) in [5.74, 6) is -1.53. The minimum Gasteiger partial charge on any atom is -0.411 e. The number of oxime groups is 1. The number of hydrogen-bond acceptors (Lipinski definition) is 7. The SMILES string of the molecule is O=C(c1ccnc(Cl)n1)C1CCC[C@@]2(CCCCC23OCCO3)/C1=N/O. The number of Topliss-reactive ketones (excluding diaryl/α,β-unsaturated/α-hetero) is 1. The summed E-state index contributed by atoms with van der Waals surface area (Å²) >= 11 is 5.84. The minimum atomic E-state index is -0.783. The maximum Gasteiger partial charge on any atom is 0.222 e. The minimum absolute atomic E-state index is 0.0282. The van der Waals surface area contributed by atoms with Crippen LogP contribution in [0.3, 0.4) is 0 Å². The van der Waals surface area contributed by atoms with Crippen LogP contribution < -0.4 is 0 Å². The van der Waals surface area contributed by atoms with Crippen LogP contribution in [0.2, 0.25) is 5.28 Å². The smallest absolute Gasteiger partial charge is 0.222 e. The van der Waals surface area contributed by atoms with Crippen LogP contribution in [0.4, 0.5) is 0 Å². The zero-order chi connectivity index (χ0) is 18.2. The molecule has 0 amide bonds. The number of nitrogens with zero attached hydrogens (tertiary/aromatic N) is 3. The number of ether oxygens (including phenoxy) is 2. The van der Waals surface area contributed by atoms with E-state index in [4.69, 9.17) is 21.1 Å². The van der Waals surface area contributed by atoms with Gasteiger partial charge < -0.3 is 14.7 Å². The fourth-order valence-electron chi connectivity index (χ4n) is 5.01. The second-order valence-electron chi connectivity index (χ2n) is 7.24. The van der Waals surface area contributed by atoms with Gasteiger partial charge in [-0.3, -0.25) is 4.79 Å². The van der Waals surface area contributed by atoms with Gasteiger partial charge in [-0.1, -0.05) is 18.0 Å². The van der Waals surface area contributed by atoms with Gasteiger partial charge in [0.05, 0.1) is 30.3 Å². The van der Waals surface area contributed by atoms with Gasteiger partial charge in [0, 0.05) is 12.6 Å². The van der Waals surface area contributed by atoms with Crippen molar-refractivity contribution in [3.8, 4) is 0 Å². The van der Waals surface area contributed by atoms with Crippen LogP contribution in [-0.4, -0.2) is 45.7 Å². The van der Waals surface area contributed by atoms with Crippen molar-refractivity contribution in [3.05, 3.63) is 23.2 Å². The molecule has 2 spiro atoms. The highest BCUT2D eigenvalue weighted by atomic mass is 35.5. The molecule has 2 aliphatic carbocycles. The molecular formula is C18H22ClN3O4. The molecule has 2 saturated carbocycles. The Labute approximate surface area is 156 Å². The molecule has 4 rings (SSSR count). The zero-order valence-corrected chi connectivity index (χ0v) is 15.2. The van der Waals surface area contributed by atoms with Gasteiger partial charge in [-0.25, -0.2) is 9.97 Å². The summed E-state index contributed by atoms with van der Waals surface area (Å²) in [6.45, 7) is 1.06. The Hall–Kier alpha value is -1.57. The van der Waals surface area contributed by atoms with Crippen LogP contribution >= 0.6 is 11.6 Å². The van der Waals surface area contributed by atoms with Gasteiger partial charge in [0.1, 0.15) is 5.69 Å². The lowest BCUT2D eigenvalue weighted by Crippen LogP contribution is -2.60. The zero-order valence-electron chi connectivity index (χ0n) is 14.5. The van der Waals surface area contributed by atoms with Crippen molar-refractivity contribution in [1.82, 2.24) is 9.97 Å². The van der Waals surface area contributed by atoms with Gasteiger partial charge in [-0.2, -0.15) is 0 Å². The molecule has 7 nitrogen and oxygen atoms in total. The first-order valence-corrected chi connectivity index (χ1v) is 9.53. The van der Waals surface area contributed by atoms with E-state index in [1.807, 2.05) is 0 Å². The number of hydrogen-bond donors (Lipinski definition) is 1. The standard InChI is InChI=1S/C18H22ClN3O4/c19-16-20-9-5-13(21-16)14(23)12-4-3-7-17(15(12)22-24)6-1-2-8-18(17)25-10-11-26-18/h5,9,12,24H,1-4,6-8,10-11H2/b22-15+/t12?,17-/m0/s1. The van der Waals surface area contributed by atoms with Crippen molar-refractivity contribution in [2.24, 2.45) is 16.5 Å². The quantitative estimate of drug-likeness (QED) is 0.367. The van der Waals surface area contributed by atoms with Crippen LogP contribution in [0.25, 0.3) is 0 Å². The maximum atomic E-state index is 13.1. The van der Waals surface area contributed by atoms with Crippen molar-refractivity contribution in [3.63, 3.8) is 0 Å². The number of carbonyl (C=O) groups is 1. The first-order valence-electron chi connectivity index (χ1n) is 9.15. The summed E-state index contributed by atoms with van der Waals surface area (Å²) in [5.41, 5.74) is 0.155. The first-order chi connectivity index (χ1) is 12.6. The topological polar surface area (TPSA) is 93.9 Å². The lowest BCUT2D eigenvalue weighted by molar-refractivity contribution is -0.238. The van der Waals surface area contributed by atoms with Crippen LogP contribution in [0, 0.1) is 11.3 Å². The molecule has 26 heavy (non-hydrogen) atoms. The molecule has 8 heteroatoms. The fraction of sp³-hybridized carbons (Fsp3) is 0.667. The summed E-state index contributed by atoms with van der Waals surface area (Å²) in [7, 11) is 0. The summed E-state index contributed by atoms with van der Waals surface area (Å²) in [5, 5.41) is 13.6. The maximum absolute atomic E-state index is 13.1. The van der Waals surface area contributed by atoms with Crippen molar-refractivity contribution in [2.45, 2.75) is 50.7 Å². The average molecular weight is 380 g/mol. The van der Waals surface area contributed by atoms with E-state index >= 15 is 0 Å². The van der Waals surface area contributed by atoms with Crippen molar-refractivity contribution in [2.75, 3.05) is 13.2 Å². The Morgan fingerprint density at radius 2 is 1.96 bits per heavy atom. The van der Waals surface area contributed by atoms with E-state index in [-0.39, 0.29) is 16.8 Å². The number of rotatable bonds is 2. The Kier molecular flexibility index (Phi) is 4.71. The van der Waals surface area contributed by atoms with Crippen molar-refractivity contribution < 1.29 is 19.5 Å². The molecule has 0 radical (unpaired) electrons. The van der Waals surface area contributed by atoms with Gasteiger partial charge in [-0.05, 0) is 43.4 Å². The average Bonchev–Trinajstić information content (AvgIpc) is 3.13. The molecular weight excluding hydrogens is 358 g/mol. The molecule has 1 unspecified atom stereocenters. The predicted octanol–water partition coefficient (Wildman–Crippen LogP) is 3.25. The molecule has 140 valence electrons. The normalized spacial score (nSPS) is 32.3. The first kappa shape index (κ1) is 17.8. The molecule has 3 fully saturated rings. The molecule has 1 aromatic heterocycles. The lowest BCUT2D eigenvalue weighted by Gasteiger charge is -2.53. The Morgan fingerprint density at radius 1 is 1.23 bits per heavy atom. The van der Waals surface area contributed by atoms with E-state index in [2.05, 4.69) is 15.1 Å². The van der Waals surface area contributed by atoms with Gasteiger partial charge >= 0.3 is 0 Å². The molecule has 2 heterocycles. The van der Waals surface area contributed by atoms with E-state index in [0.717, 1.165) is 38.5 Å². The van der Waals surface area contributed by atoms with Gasteiger partial charge in [0.25, 0.3) is 0 Å². The van der Waals surface area contributed by atoms with E-state index in [9.17, 15) is 10.0 Å². The molecule has 0 bridgehead atoms. The van der Waals surface area contributed by atoms with E-state index < -0.39 is 17.1 Å². The van der Waals surface area contributed by atoms with Gasteiger partial charge in [-0.15, -0.1) is 0 Å². The molecule has 1 N–H and O–H groups in total. The number of aromatic nitrogens is 2. The molecule has 0 aromatic carbocycles. The molecule has 1 saturated heterocycles. The monoisotopic (exact) mass is 379 g/mol. The Morgan fingerprint density at radius 3 is 2.69 bits per heavy atom. The third-order valence-corrected chi connectivity index (χ3v) is 6.24. The second kappa shape index (κ2) is 6.87. The Bertz CT molecular complexity index is 731. The molecule has 3 aliphatic rings. The van der Waals surface area contributed by atoms with Crippen LogP contribution in [0.15, 0.2) is 17.4 Å². The number of carbonyl (C=O) groups excluding carboxylic acids is 1. The fourth-order valence-corrected chi connectivity index (χ4v) is 5.15. The third-order valence-electron chi connectivity index (χ3n) is 6.06. The molecule has 1 aliphatic heterocycles. The summed E-state index contributed by atoms with van der Waals surface area (Å²) in [6.07, 6.45) is 7.24. The van der Waals surface area contributed by atoms with Gasteiger partial charge in [0.2, 0.25) is 5.28 Å². The molecule has 1 aromatic rings. The second-order valence-corrected chi connectivity index (χ2v) is 7.58. The summed E-state index contributed by atoms with van der Waals surface area (Å²) in [6, 6.07) is 1.55. The van der Waals surface area contributed by atoms with E-state index in [0.29, 0.717) is 25.3 Å². The van der Waals surface area contributed by atoms with Crippen LogP contribution in [0.5, 0.6) is 0 Å². The van der Waals surface area contributed by atoms with Crippen molar-refractivity contribution >= 4 is 23.1 Å². The number of fused-ring (bicyclic) bond motifs is 1. The van der Waals surface area contributed by atoms with E-state index in [1.54, 1.807) is 6.07 Å². The van der Waals surface area contributed by atoms with Crippen molar-refractivity contribution in [1.29, 1.82) is 0 Å². The highest BCUT2D eigenvalue weighted by Gasteiger charge is 2.62. The largest absolute Gasteiger partial charge is 0.411 e. The molecule has 2 atom stereocenters. The third kappa shape index (κ3) is 2.64. The Balaban J connectivity index is 1.73. The van der Waals surface area contributed by atoms with Crippen LogP contribution in [-0.2, 0) is 9.47 Å². The lowest BCUT2D eigenvalue weighted by atomic mass is 9.57. The number of halogens is 1. The summed E-state index contributed by atoms with van der Waals surface area (Å²) < 4.78 is 12.2. The van der Waals surface area contributed by atoms with E-state index in [1.165, 1.54) is 6.20 Å². The highest BCUT2D eigenvalue weighted by molar-refractivity contribution is 6.28. The highest BCUT2D eigenvalue weighted by Crippen LogP contribution is 2.56. The summed E-state index contributed by atoms with van der Waals surface area (Å²) in [4.78, 5) is 21.0. The number of ketones is 1. The van der Waals surface area contributed by atoms with Crippen LogP contribution in [0.1, 0.15) is 55.4 Å². The van der Waals surface area contributed by atoms with Gasteiger partial charge in [0.15, 0.2) is 11.6 Å². The predicted molar refractivity (Wildman–Crippen MR) is 93.5 cm³/mol.